The van der Waals surface area contributed by atoms with Gasteiger partial charge in [0.15, 0.2) is 0 Å². The Morgan fingerprint density at radius 1 is 1.22 bits per heavy atom. The van der Waals surface area contributed by atoms with E-state index in [2.05, 4.69) is 23.2 Å². The van der Waals surface area contributed by atoms with Gasteiger partial charge in [-0.25, -0.2) is 0 Å². The first kappa shape index (κ1) is 12.5. The van der Waals surface area contributed by atoms with Crippen molar-refractivity contribution in [3.8, 4) is 11.6 Å². The molecule has 4 nitrogen and oxygen atoms in total. The first-order valence-electron chi connectivity index (χ1n) is 5.88. The van der Waals surface area contributed by atoms with Crippen molar-refractivity contribution in [2.45, 2.75) is 27.3 Å². The second-order valence-electron chi connectivity index (χ2n) is 4.37. The number of ether oxygens (including phenoxy) is 1. The second-order valence-corrected chi connectivity index (χ2v) is 4.37. The summed E-state index contributed by atoms with van der Waals surface area (Å²) >= 11 is 0. The SMILES string of the molecule is Cc1cc(C)c(C)c(Oc2nnccc2CN)c1. The smallest absolute Gasteiger partial charge is 0.243 e. The molecule has 0 atom stereocenters. The molecular weight excluding hydrogens is 226 g/mol. The molecule has 0 bridgehead atoms. The molecule has 2 N–H and O–H groups in total. The highest BCUT2D eigenvalue weighted by Crippen LogP contribution is 2.28. The molecule has 0 spiro atoms. The highest BCUT2D eigenvalue weighted by molar-refractivity contribution is 5.44. The van der Waals surface area contributed by atoms with Crippen molar-refractivity contribution in [2.75, 3.05) is 0 Å². The van der Waals surface area contributed by atoms with Crippen molar-refractivity contribution in [3.63, 3.8) is 0 Å². The molecule has 0 aliphatic carbocycles. The summed E-state index contributed by atoms with van der Waals surface area (Å²) in [5.41, 5.74) is 9.97. The lowest BCUT2D eigenvalue weighted by Crippen LogP contribution is -2.03. The topological polar surface area (TPSA) is 61.0 Å². The van der Waals surface area contributed by atoms with Gasteiger partial charge in [-0.15, -0.1) is 5.10 Å². The molecule has 0 aliphatic rings. The van der Waals surface area contributed by atoms with Gasteiger partial charge in [0.1, 0.15) is 5.75 Å². The van der Waals surface area contributed by atoms with Crippen molar-refractivity contribution in [2.24, 2.45) is 5.73 Å². The quantitative estimate of drug-likeness (QED) is 0.900. The van der Waals surface area contributed by atoms with E-state index in [1.165, 1.54) is 5.56 Å². The Morgan fingerprint density at radius 2 is 2.00 bits per heavy atom. The second kappa shape index (κ2) is 5.14. The fraction of sp³-hybridized carbons (Fsp3) is 0.286. The van der Waals surface area contributed by atoms with E-state index in [1.54, 1.807) is 6.20 Å². The third kappa shape index (κ3) is 2.49. The number of aromatic nitrogens is 2. The van der Waals surface area contributed by atoms with Crippen LogP contribution < -0.4 is 10.5 Å². The van der Waals surface area contributed by atoms with Crippen LogP contribution in [-0.2, 0) is 6.54 Å². The summed E-state index contributed by atoms with van der Waals surface area (Å²) < 4.78 is 5.84. The van der Waals surface area contributed by atoms with Crippen molar-refractivity contribution in [1.29, 1.82) is 0 Å². The zero-order valence-corrected chi connectivity index (χ0v) is 10.9. The maximum absolute atomic E-state index is 5.84. The summed E-state index contributed by atoms with van der Waals surface area (Å²) in [5, 5.41) is 7.83. The van der Waals surface area contributed by atoms with E-state index < -0.39 is 0 Å². The van der Waals surface area contributed by atoms with Gasteiger partial charge in [-0.05, 0) is 49.6 Å². The minimum absolute atomic E-state index is 0.384. The number of nitrogens with zero attached hydrogens (tertiary/aromatic N) is 2. The molecule has 0 saturated carbocycles. The zero-order valence-electron chi connectivity index (χ0n) is 10.9. The molecule has 2 rings (SSSR count). The highest BCUT2D eigenvalue weighted by atomic mass is 16.5. The molecule has 2 aromatic rings. The summed E-state index contributed by atoms with van der Waals surface area (Å²) in [5.74, 6) is 1.29. The van der Waals surface area contributed by atoms with Gasteiger partial charge in [0.05, 0.1) is 6.20 Å². The predicted octanol–water partition coefficient (Wildman–Crippen LogP) is 2.65. The van der Waals surface area contributed by atoms with E-state index in [4.69, 9.17) is 10.5 Å². The van der Waals surface area contributed by atoms with Crippen molar-refractivity contribution in [3.05, 3.63) is 46.6 Å². The van der Waals surface area contributed by atoms with Crippen LogP contribution in [0, 0.1) is 20.8 Å². The average molecular weight is 243 g/mol. The number of aryl methyl sites for hydroxylation is 2. The van der Waals surface area contributed by atoms with Crippen LogP contribution in [0.2, 0.25) is 0 Å². The lowest BCUT2D eigenvalue weighted by molar-refractivity contribution is 0.444. The van der Waals surface area contributed by atoms with Crippen LogP contribution in [-0.4, -0.2) is 10.2 Å². The van der Waals surface area contributed by atoms with Crippen molar-refractivity contribution in [1.82, 2.24) is 10.2 Å². The van der Waals surface area contributed by atoms with E-state index >= 15 is 0 Å². The summed E-state index contributed by atoms with van der Waals surface area (Å²) in [6.07, 6.45) is 1.61. The molecule has 18 heavy (non-hydrogen) atoms. The molecule has 0 aliphatic heterocycles. The molecule has 1 heterocycles. The Bertz CT molecular complexity index is 567. The molecule has 4 heteroatoms. The van der Waals surface area contributed by atoms with Gasteiger partial charge in [0, 0.05) is 12.1 Å². The van der Waals surface area contributed by atoms with Crippen LogP contribution in [0.4, 0.5) is 0 Å². The van der Waals surface area contributed by atoms with Gasteiger partial charge < -0.3 is 10.5 Å². The molecule has 0 unspecified atom stereocenters. The maximum atomic E-state index is 5.84. The van der Waals surface area contributed by atoms with Gasteiger partial charge in [0.2, 0.25) is 5.88 Å². The van der Waals surface area contributed by atoms with Crippen LogP contribution in [0.15, 0.2) is 24.4 Å². The molecular formula is C14H17N3O. The van der Waals surface area contributed by atoms with Gasteiger partial charge in [-0.1, -0.05) is 6.07 Å². The third-order valence-electron chi connectivity index (χ3n) is 2.96. The molecule has 0 amide bonds. The monoisotopic (exact) mass is 243 g/mol. The lowest BCUT2D eigenvalue weighted by atomic mass is 10.1. The molecule has 0 fully saturated rings. The van der Waals surface area contributed by atoms with Gasteiger partial charge in [0.25, 0.3) is 0 Å². The molecule has 0 radical (unpaired) electrons. The minimum Gasteiger partial charge on any atom is -0.437 e. The van der Waals surface area contributed by atoms with E-state index in [9.17, 15) is 0 Å². The fourth-order valence-corrected chi connectivity index (χ4v) is 1.80. The first-order chi connectivity index (χ1) is 8.61. The summed E-state index contributed by atoms with van der Waals surface area (Å²) in [6.45, 7) is 6.52. The van der Waals surface area contributed by atoms with Gasteiger partial charge in [-0.2, -0.15) is 5.10 Å². The standard InChI is InChI=1S/C14H17N3O/c1-9-6-10(2)11(3)13(7-9)18-14-12(8-15)4-5-16-17-14/h4-7H,8,15H2,1-3H3. The van der Waals surface area contributed by atoms with Gasteiger partial charge >= 0.3 is 0 Å². The predicted molar refractivity (Wildman–Crippen MR) is 70.7 cm³/mol. The number of nitrogens with two attached hydrogens (primary N) is 1. The van der Waals surface area contributed by atoms with E-state index in [-0.39, 0.29) is 0 Å². The zero-order chi connectivity index (χ0) is 13.1. The van der Waals surface area contributed by atoms with Crippen LogP contribution in [0.3, 0.4) is 0 Å². The Balaban J connectivity index is 2.40. The highest BCUT2D eigenvalue weighted by Gasteiger charge is 2.09. The Labute approximate surface area is 107 Å². The lowest BCUT2D eigenvalue weighted by Gasteiger charge is -2.12. The summed E-state index contributed by atoms with van der Waals surface area (Å²) in [4.78, 5) is 0. The van der Waals surface area contributed by atoms with Crippen LogP contribution in [0.5, 0.6) is 11.6 Å². The first-order valence-corrected chi connectivity index (χ1v) is 5.88. The Kier molecular flexibility index (Phi) is 3.58. The summed E-state index contributed by atoms with van der Waals surface area (Å²) in [7, 11) is 0. The van der Waals surface area contributed by atoms with E-state index in [0.717, 1.165) is 22.4 Å². The van der Waals surface area contributed by atoms with Gasteiger partial charge in [-0.3, -0.25) is 0 Å². The van der Waals surface area contributed by atoms with Crippen LogP contribution >= 0.6 is 0 Å². The molecule has 94 valence electrons. The van der Waals surface area contributed by atoms with E-state index in [0.29, 0.717) is 12.4 Å². The van der Waals surface area contributed by atoms with Crippen LogP contribution in [0.25, 0.3) is 0 Å². The minimum atomic E-state index is 0.384. The largest absolute Gasteiger partial charge is 0.437 e. The third-order valence-corrected chi connectivity index (χ3v) is 2.96. The maximum Gasteiger partial charge on any atom is 0.243 e. The number of rotatable bonds is 3. The molecule has 1 aromatic heterocycles. The van der Waals surface area contributed by atoms with E-state index in [1.807, 2.05) is 26.0 Å². The Morgan fingerprint density at radius 3 is 2.72 bits per heavy atom. The number of benzene rings is 1. The fourth-order valence-electron chi connectivity index (χ4n) is 1.80. The molecule has 1 aromatic carbocycles. The number of hydrogen-bond donors (Lipinski definition) is 1. The van der Waals surface area contributed by atoms with Crippen molar-refractivity contribution >= 4 is 0 Å². The van der Waals surface area contributed by atoms with Crippen LogP contribution in [0.1, 0.15) is 22.3 Å². The molecule has 0 saturated heterocycles. The Hall–Kier alpha value is -1.94. The summed E-state index contributed by atoms with van der Waals surface area (Å²) in [6, 6.07) is 5.94. The van der Waals surface area contributed by atoms with Crippen molar-refractivity contribution < 1.29 is 4.74 Å². The normalized spacial score (nSPS) is 10.4. The number of hydrogen-bond acceptors (Lipinski definition) is 4. The average Bonchev–Trinajstić information content (AvgIpc) is 2.36.